The summed E-state index contributed by atoms with van der Waals surface area (Å²) in [5.41, 5.74) is 1.69. The van der Waals surface area contributed by atoms with Crippen molar-refractivity contribution in [2.75, 3.05) is 12.0 Å². The van der Waals surface area contributed by atoms with Crippen LogP contribution in [-0.2, 0) is 19.6 Å². The van der Waals surface area contributed by atoms with Crippen molar-refractivity contribution in [3.63, 3.8) is 0 Å². The van der Waals surface area contributed by atoms with Gasteiger partial charge in [0.1, 0.15) is 11.6 Å². The number of nitrogens with zero attached hydrogens (tertiary/aromatic N) is 2. The van der Waals surface area contributed by atoms with E-state index in [1.807, 2.05) is 47.0 Å². The highest BCUT2D eigenvalue weighted by atomic mass is 32.1. The Morgan fingerprint density at radius 3 is 2.72 bits per heavy atom. The Morgan fingerprint density at radius 1 is 1.12 bits per heavy atom. The first kappa shape index (κ1) is 15.9. The molecule has 0 saturated heterocycles. The van der Waals surface area contributed by atoms with Crippen LogP contribution in [0.4, 0.5) is 5.82 Å². The lowest BCUT2D eigenvalue weighted by atomic mass is 10.2. The highest BCUT2D eigenvalue weighted by molar-refractivity contribution is 7.71. The normalized spacial score (nSPS) is 14.1. The van der Waals surface area contributed by atoms with E-state index in [1.165, 1.54) is 0 Å². The molecule has 1 aliphatic rings. The average Bonchev–Trinajstić information content (AvgIpc) is 3.13. The summed E-state index contributed by atoms with van der Waals surface area (Å²) in [5, 5.41) is 3.36. The quantitative estimate of drug-likeness (QED) is 0.705. The van der Waals surface area contributed by atoms with E-state index in [4.69, 9.17) is 16.6 Å². The van der Waals surface area contributed by atoms with Gasteiger partial charge < -0.3 is 14.3 Å². The van der Waals surface area contributed by atoms with E-state index in [-0.39, 0.29) is 5.56 Å². The van der Waals surface area contributed by atoms with Crippen molar-refractivity contribution in [1.29, 1.82) is 0 Å². The van der Waals surface area contributed by atoms with Gasteiger partial charge in [0.25, 0.3) is 5.56 Å². The summed E-state index contributed by atoms with van der Waals surface area (Å²) in [7, 11) is 0. The van der Waals surface area contributed by atoms with E-state index in [0.717, 1.165) is 17.1 Å². The lowest BCUT2D eigenvalue weighted by Gasteiger charge is -2.30. The summed E-state index contributed by atoms with van der Waals surface area (Å²) in [5.74, 6) is 1.67. The maximum atomic E-state index is 12.4. The second kappa shape index (κ2) is 6.70. The number of H-pyrrole nitrogens is 1. The number of hydrogen-bond acceptors (Lipinski definition) is 5. The number of furan rings is 1. The van der Waals surface area contributed by atoms with E-state index < -0.39 is 0 Å². The monoisotopic (exact) mass is 354 g/mol. The molecule has 0 spiro atoms. The molecule has 25 heavy (non-hydrogen) atoms. The zero-order chi connectivity index (χ0) is 17.2. The van der Waals surface area contributed by atoms with Crippen LogP contribution in [0.1, 0.15) is 16.9 Å². The molecule has 7 heteroatoms. The lowest BCUT2D eigenvalue weighted by molar-refractivity contribution is 0.241. The summed E-state index contributed by atoms with van der Waals surface area (Å²) in [6, 6.07) is 13.9. The Bertz CT molecular complexity index is 977. The van der Waals surface area contributed by atoms with Crippen molar-refractivity contribution in [3.8, 4) is 0 Å². The zero-order valence-corrected chi connectivity index (χ0v) is 14.4. The number of hydrogen-bond donors (Lipinski definition) is 2. The van der Waals surface area contributed by atoms with Crippen molar-refractivity contribution in [1.82, 2.24) is 14.5 Å². The summed E-state index contributed by atoms with van der Waals surface area (Å²) in [6.45, 7) is 2.43. The van der Waals surface area contributed by atoms with Crippen molar-refractivity contribution in [2.45, 2.75) is 19.6 Å². The van der Waals surface area contributed by atoms with Crippen molar-refractivity contribution in [2.24, 2.45) is 0 Å². The third-order valence-corrected chi connectivity index (χ3v) is 4.61. The van der Waals surface area contributed by atoms with Crippen LogP contribution >= 0.6 is 12.2 Å². The Hall–Kier alpha value is -2.64. The summed E-state index contributed by atoms with van der Waals surface area (Å²) >= 11 is 5.39. The molecule has 0 saturated carbocycles. The minimum atomic E-state index is -0.138. The molecular weight excluding hydrogens is 336 g/mol. The summed E-state index contributed by atoms with van der Waals surface area (Å²) in [4.78, 5) is 17.3. The first-order valence-electron chi connectivity index (χ1n) is 8.09. The molecule has 1 aliphatic heterocycles. The van der Waals surface area contributed by atoms with Crippen LogP contribution < -0.4 is 10.9 Å². The van der Waals surface area contributed by atoms with Gasteiger partial charge in [0.2, 0.25) is 0 Å². The molecule has 0 fully saturated rings. The van der Waals surface area contributed by atoms with Crippen LogP contribution in [0.3, 0.4) is 0 Å². The zero-order valence-electron chi connectivity index (χ0n) is 13.6. The van der Waals surface area contributed by atoms with Gasteiger partial charge in [0.05, 0.1) is 31.6 Å². The third-order valence-electron chi connectivity index (χ3n) is 4.29. The van der Waals surface area contributed by atoms with Gasteiger partial charge in [0.15, 0.2) is 4.77 Å². The lowest BCUT2D eigenvalue weighted by Crippen LogP contribution is -2.39. The van der Waals surface area contributed by atoms with Gasteiger partial charge in [-0.2, -0.15) is 0 Å². The molecule has 2 aromatic heterocycles. The standard InChI is InChI=1S/C18H18N4O2S/c23-17-15-11-21(10-14-7-4-8-24-14)12-19-16(15)22(18(25)20-17)9-13-5-2-1-3-6-13/h1-8,19H,9-12H2,(H,20,23,25). The highest BCUT2D eigenvalue weighted by Gasteiger charge is 2.22. The first-order chi connectivity index (χ1) is 12.2. The van der Waals surface area contributed by atoms with Gasteiger partial charge in [-0.05, 0) is 29.9 Å². The van der Waals surface area contributed by atoms with Crippen LogP contribution in [-0.4, -0.2) is 21.1 Å². The molecule has 0 atom stereocenters. The van der Waals surface area contributed by atoms with Crippen molar-refractivity contribution in [3.05, 3.63) is 80.7 Å². The number of benzene rings is 1. The first-order valence-corrected chi connectivity index (χ1v) is 8.50. The Balaban J connectivity index is 1.65. The smallest absolute Gasteiger partial charge is 0.258 e. The molecule has 6 nitrogen and oxygen atoms in total. The molecule has 0 amide bonds. The molecule has 2 N–H and O–H groups in total. The average molecular weight is 354 g/mol. The largest absolute Gasteiger partial charge is 0.468 e. The molecule has 0 radical (unpaired) electrons. The SMILES string of the molecule is O=c1[nH]c(=S)n(Cc2ccccc2)c2c1CN(Cc1ccco1)CN2. The van der Waals surface area contributed by atoms with Crippen LogP contribution in [0.2, 0.25) is 0 Å². The maximum absolute atomic E-state index is 12.4. The van der Waals surface area contributed by atoms with Gasteiger partial charge in [-0.15, -0.1) is 0 Å². The predicted molar refractivity (Wildman–Crippen MR) is 97.9 cm³/mol. The van der Waals surface area contributed by atoms with E-state index in [9.17, 15) is 4.79 Å². The van der Waals surface area contributed by atoms with E-state index in [0.29, 0.717) is 36.6 Å². The fourth-order valence-corrected chi connectivity index (χ4v) is 3.33. The third kappa shape index (κ3) is 3.29. The van der Waals surface area contributed by atoms with Gasteiger partial charge in [-0.25, -0.2) is 0 Å². The second-order valence-electron chi connectivity index (χ2n) is 6.06. The molecule has 0 bridgehead atoms. The summed E-state index contributed by atoms with van der Waals surface area (Å²) < 4.78 is 7.78. The van der Waals surface area contributed by atoms with Gasteiger partial charge in [-0.3, -0.25) is 14.7 Å². The van der Waals surface area contributed by atoms with Crippen LogP contribution in [0.15, 0.2) is 57.9 Å². The van der Waals surface area contributed by atoms with Gasteiger partial charge in [0, 0.05) is 6.54 Å². The minimum absolute atomic E-state index is 0.138. The van der Waals surface area contributed by atoms with Gasteiger partial charge >= 0.3 is 0 Å². The van der Waals surface area contributed by atoms with Crippen LogP contribution in [0.25, 0.3) is 0 Å². The minimum Gasteiger partial charge on any atom is -0.468 e. The predicted octanol–water partition coefficient (Wildman–Crippen LogP) is 2.93. The molecule has 3 heterocycles. The molecule has 1 aromatic carbocycles. The summed E-state index contributed by atoms with van der Waals surface area (Å²) in [6.07, 6.45) is 1.66. The second-order valence-corrected chi connectivity index (χ2v) is 6.45. The Labute approximate surface area is 149 Å². The molecule has 0 aliphatic carbocycles. The Kier molecular flexibility index (Phi) is 4.25. The van der Waals surface area contributed by atoms with E-state index >= 15 is 0 Å². The van der Waals surface area contributed by atoms with Crippen molar-refractivity contribution < 1.29 is 4.42 Å². The topological polar surface area (TPSA) is 66.2 Å². The molecule has 3 aromatic rings. The fraction of sp³-hybridized carbons (Fsp3) is 0.222. The van der Waals surface area contributed by atoms with Crippen molar-refractivity contribution >= 4 is 18.0 Å². The molecule has 0 unspecified atom stereocenters. The fourth-order valence-electron chi connectivity index (χ4n) is 3.08. The van der Waals surface area contributed by atoms with E-state index in [1.54, 1.807) is 6.26 Å². The Morgan fingerprint density at radius 2 is 1.96 bits per heavy atom. The number of anilines is 1. The van der Waals surface area contributed by atoms with Crippen LogP contribution in [0, 0.1) is 4.77 Å². The number of rotatable bonds is 4. The number of fused-ring (bicyclic) bond motifs is 1. The number of aromatic amines is 1. The molecular formula is C18H18N4O2S. The maximum Gasteiger partial charge on any atom is 0.258 e. The number of nitrogens with one attached hydrogen (secondary N) is 2. The van der Waals surface area contributed by atoms with Gasteiger partial charge in [-0.1, -0.05) is 30.3 Å². The van der Waals surface area contributed by atoms with E-state index in [2.05, 4.69) is 15.2 Å². The molecule has 128 valence electrons. The molecule has 4 rings (SSSR count). The van der Waals surface area contributed by atoms with Crippen LogP contribution in [0.5, 0.6) is 0 Å². The highest BCUT2D eigenvalue weighted by Crippen LogP contribution is 2.21. The number of aromatic nitrogens is 2.